The number of aliphatic hydroxyl groups is 1. The summed E-state index contributed by atoms with van der Waals surface area (Å²) in [6, 6.07) is 7.06. The predicted octanol–water partition coefficient (Wildman–Crippen LogP) is 2.23. The van der Waals surface area contributed by atoms with Crippen molar-refractivity contribution in [1.29, 1.82) is 0 Å². The fourth-order valence-corrected chi connectivity index (χ4v) is 1.42. The molecule has 1 unspecified atom stereocenters. The van der Waals surface area contributed by atoms with Gasteiger partial charge >= 0.3 is 12.1 Å². The standard InChI is InChI=1S/C11H14N2O2.C2HF3O2/c1-2-7(12)10(14)11-13-8-5-3-4-6-9(8)15-11;3-2(4,5)1(6)7/h3-7,10,14H,2,12H2,1H3;(H,6,7)/t7?,10-;/m0./s1. The summed E-state index contributed by atoms with van der Waals surface area (Å²) in [5.41, 5.74) is 7.14. The number of hydrogen-bond acceptors (Lipinski definition) is 5. The number of aliphatic hydroxyl groups excluding tert-OH is 1. The van der Waals surface area contributed by atoms with Crippen molar-refractivity contribution in [2.45, 2.75) is 31.7 Å². The van der Waals surface area contributed by atoms with E-state index in [-0.39, 0.29) is 6.04 Å². The minimum Gasteiger partial charge on any atom is -0.475 e. The van der Waals surface area contributed by atoms with Crippen molar-refractivity contribution >= 4 is 17.1 Å². The summed E-state index contributed by atoms with van der Waals surface area (Å²) in [5.74, 6) is -2.46. The summed E-state index contributed by atoms with van der Waals surface area (Å²) in [4.78, 5) is 13.1. The molecule has 2 aromatic rings. The molecule has 1 aromatic heterocycles. The van der Waals surface area contributed by atoms with Crippen LogP contribution in [0.3, 0.4) is 0 Å². The van der Waals surface area contributed by atoms with Gasteiger partial charge in [0, 0.05) is 6.04 Å². The quantitative estimate of drug-likeness (QED) is 0.800. The Kier molecular flexibility index (Phi) is 5.89. The van der Waals surface area contributed by atoms with Gasteiger partial charge in [0.15, 0.2) is 5.58 Å². The molecule has 0 aliphatic rings. The number of para-hydroxylation sites is 2. The Labute approximate surface area is 123 Å². The highest BCUT2D eigenvalue weighted by Gasteiger charge is 2.38. The third-order valence-electron chi connectivity index (χ3n) is 2.68. The first-order valence-corrected chi connectivity index (χ1v) is 6.26. The zero-order valence-corrected chi connectivity index (χ0v) is 11.5. The van der Waals surface area contributed by atoms with E-state index in [9.17, 15) is 18.3 Å². The lowest BCUT2D eigenvalue weighted by Gasteiger charge is -2.12. The van der Waals surface area contributed by atoms with E-state index in [2.05, 4.69) is 4.98 Å². The van der Waals surface area contributed by atoms with Gasteiger partial charge in [-0.25, -0.2) is 9.78 Å². The molecule has 0 spiro atoms. The lowest BCUT2D eigenvalue weighted by atomic mass is 10.1. The molecule has 0 aliphatic carbocycles. The molecule has 0 radical (unpaired) electrons. The fourth-order valence-electron chi connectivity index (χ4n) is 1.42. The average molecular weight is 320 g/mol. The first-order chi connectivity index (χ1) is 10.2. The second-order valence-corrected chi connectivity index (χ2v) is 4.34. The van der Waals surface area contributed by atoms with Crippen LogP contribution in [0.1, 0.15) is 25.3 Å². The van der Waals surface area contributed by atoms with Crippen molar-refractivity contribution in [1.82, 2.24) is 4.98 Å². The Hall–Kier alpha value is -2.13. The minimum atomic E-state index is -5.08. The van der Waals surface area contributed by atoms with Crippen molar-refractivity contribution < 1.29 is 32.6 Å². The molecule has 0 aliphatic heterocycles. The zero-order valence-electron chi connectivity index (χ0n) is 11.5. The minimum absolute atomic E-state index is 0.297. The molecular weight excluding hydrogens is 305 g/mol. The van der Waals surface area contributed by atoms with Crippen LogP contribution in [0.15, 0.2) is 28.7 Å². The van der Waals surface area contributed by atoms with Gasteiger partial charge in [-0.15, -0.1) is 0 Å². The molecule has 4 N–H and O–H groups in total. The number of carboxylic acids is 1. The second-order valence-electron chi connectivity index (χ2n) is 4.34. The van der Waals surface area contributed by atoms with Crippen LogP contribution in [-0.2, 0) is 4.79 Å². The van der Waals surface area contributed by atoms with E-state index >= 15 is 0 Å². The van der Waals surface area contributed by atoms with Crippen molar-refractivity contribution in [3.05, 3.63) is 30.2 Å². The molecule has 0 amide bonds. The van der Waals surface area contributed by atoms with Crippen LogP contribution in [0.5, 0.6) is 0 Å². The number of alkyl halides is 3. The van der Waals surface area contributed by atoms with Gasteiger partial charge in [0.25, 0.3) is 0 Å². The van der Waals surface area contributed by atoms with Crippen LogP contribution in [0.4, 0.5) is 13.2 Å². The smallest absolute Gasteiger partial charge is 0.475 e. The number of carbonyl (C=O) groups is 1. The van der Waals surface area contributed by atoms with Crippen LogP contribution in [0.2, 0.25) is 0 Å². The second kappa shape index (κ2) is 7.23. The number of hydrogen-bond donors (Lipinski definition) is 3. The highest BCUT2D eigenvalue weighted by molar-refractivity contribution is 5.73. The highest BCUT2D eigenvalue weighted by atomic mass is 19.4. The molecule has 9 heteroatoms. The summed E-state index contributed by atoms with van der Waals surface area (Å²) in [5, 5.41) is 16.9. The topological polar surface area (TPSA) is 110 Å². The number of fused-ring (bicyclic) bond motifs is 1. The van der Waals surface area contributed by atoms with Crippen molar-refractivity contribution in [3.63, 3.8) is 0 Å². The normalized spacial score (nSPS) is 14.1. The van der Waals surface area contributed by atoms with Crippen LogP contribution < -0.4 is 5.73 Å². The molecule has 0 bridgehead atoms. The van der Waals surface area contributed by atoms with Gasteiger partial charge < -0.3 is 20.4 Å². The molecule has 0 saturated carbocycles. The largest absolute Gasteiger partial charge is 0.490 e. The van der Waals surface area contributed by atoms with E-state index < -0.39 is 18.2 Å². The lowest BCUT2D eigenvalue weighted by Crippen LogP contribution is -2.27. The third kappa shape index (κ3) is 4.71. The van der Waals surface area contributed by atoms with Crippen molar-refractivity contribution in [3.8, 4) is 0 Å². The van der Waals surface area contributed by atoms with Crippen molar-refractivity contribution in [2.24, 2.45) is 5.73 Å². The molecule has 122 valence electrons. The Morgan fingerprint density at radius 3 is 2.41 bits per heavy atom. The summed E-state index contributed by atoms with van der Waals surface area (Å²) in [6.07, 6.45) is -5.23. The van der Waals surface area contributed by atoms with E-state index in [1.165, 1.54) is 0 Å². The van der Waals surface area contributed by atoms with Gasteiger partial charge in [-0.2, -0.15) is 13.2 Å². The van der Waals surface area contributed by atoms with E-state index in [1.807, 2.05) is 31.2 Å². The first kappa shape index (κ1) is 17.9. The maximum absolute atomic E-state index is 10.6. The van der Waals surface area contributed by atoms with Crippen LogP contribution >= 0.6 is 0 Å². The van der Waals surface area contributed by atoms with Crippen LogP contribution in [0.25, 0.3) is 11.1 Å². The number of oxazole rings is 1. The number of benzene rings is 1. The van der Waals surface area contributed by atoms with E-state index in [1.54, 1.807) is 0 Å². The number of aromatic nitrogens is 1. The molecule has 2 rings (SSSR count). The summed E-state index contributed by atoms with van der Waals surface area (Å²) >= 11 is 0. The monoisotopic (exact) mass is 320 g/mol. The van der Waals surface area contributed by atoms with Gasteiger partial charge in [0.05, 0.1) is 0 Å². The van der Waals surface area contributed by atoms with E-state index in [0.717, 1.165) is 5.52 Å². The van der Waals surface area contributed by atoms with Crippen LogP contribution in [0, 0.1) is 0 Å². The summed E-state index contributed by atoms with van der Waals surface area (Å²) in [6.45, 7) is 1.91. The number of nitrogens with zero attached hydrogens (tertiary/aromatic N) is 1. The zero-order chi connectivity index (χ0) is 16.9. The predicted molar refractivity (Wildman–Crippen MR) is 70.9 cm³/mol. The Morgan fingerprint density at radius 1 is 1.41 bits per heavy atom. The SMILES string of the molecule is CCC(N)[C@H](O)c1nc2ccccc2o1.O=C(O)C(F)(F)F. The van der Waals surface area contributed by atoms with Gasteiger partial charge in [-0.05, 0) is 18.6 Å². The molecule has 2 atom stereocenters. The van der Waals surface area contributed by atoms with Gasteiger partial charge in [0.2, 0.25) is 5.89 Å². The molecule has 0 saturated heterocycles. The first-order valence-electron chi connectivity index (χ1n) is 6.26. The number of nitrogens with two attached hydrogens (primary N) is 1. The maximum Gasteiger partial charge on any atom is 0.490 e. The highest BCUT2D eigenvalue weighted by Crippen LogP contribution is 2.22. The van der Waals surface area contributed by atoms with Gasteiger partial charge in [0.1, 0.15) is 11.6 Å². The fraction of sp³-hybridized carbons (Fsp3) is 0.385. The Morgan fingerprint density at radius 2 is 1.95 bits per heavy atom. The maximum atomic E-state index is 10.6. The van der Waals surface area contributed by atoms with Crippen molar-refractivity contribution in [2.75, 3.05) is 0 Å². The van der Waals surface area contributed by atoms with E-state index in [0.29, 0.717) is 17.9 Å². The molecule has 22 heavy (non-hydrogen) atoms. The molecule has 1 heterocycles. The molecule has 6 nitrogen and oxygen atoms in total. The number of halogens is 3. The molecular formula is C13H15F3N2O4. The van der Waals surface area contributed by atoms with Crippen LogP contribution in [-0.4, -0.2) is 33.4 Å². The van der Waals surface area contributed by atoms with Gasteiger partial charge in [-0.3, -0.25) is 0 Å². The molecule has 0 fully saturated rings. The van der Waals surface area contributed by atoms with E-state index in [4.69, 9.17) is 20.1 Å². The van der Waals surface area contributed by atoms with Gasteiger partial charge in [-0.1, -0.05) is 19.1 Å². The summed E-state index contributed by atoms with van der Waals surface area (Å²) in [7, 11) is 0. The lowest BCUT2D eigenvalue weighted by molar-refractivity contribution is -0.192. The Bertz CT molecular complexity index is 594. The molecule has 1 aromatic carbocycles. The number of rotatable bonds is 3. The summed E-state index contributed by atoms with van der Waals surface area (Å²) < 4.78 is 37.1. The Balaban J connectivity index is 0.000000295. The third-order valence-corrected chi connectivity index (χ3v) is 2.68. The number of carboxylic acid groups (broad SMARTS) is 1. The average Bonchev–Trinajstić information content (AvgIpc) is 2.89. The number of aliphatic carboxylic acids is 1.